The van der Waals surface area contributed by atoms with Crippen LogP contribution in [-0.2, 0) is 16.6 Å². The highest BCUT2D eigenvalue weighted by Gasteiger charge is 2.24. The normalized spacial score (nSPS) is 15.0. The van der Waals surface area contributed by atoms with Crippen LogP contribution in [0, 0.1) is 5.92 Å². The fourth-order valence-electron chi connectivity index (χ4n) is 1.82. The maximum atomic E-state index is 12.0. The number of sulfonamides is 1. The lowest BCUT2D eigenvalue weighted by molar-refractivity contribution is 0.289. The second kappa shape index (κ2) is 5.87. The van der Waals surface area contributed by atoms with E-state index in [0.717, 1.165) is 12.8 Å². The Morgan fingerprint density at radius 1 is 1.24 bits per heavy atom. The molecule has 1 aromatic heterocycles. The zero-order chi connectivity index (χ0) is 14.7. The van der Waals surface area contributed by atoms with Gasteiger partial charge in [-0.1, -0.05) is 5.16 Å². The number of rotatable bonds is 7. The van der Waals surface area contributed by atoms with Gasteiger partial charge in [0.25, 0.3) is 0 Å². The van der Waals surface area contributed by atoms with E-state index in [1.54, 1.807) is 18.2 Å². The summed E-state index contributed by atoms with van der Waals surface area (Å²) >= 11 is 0. The van der Waals surface area contributed by atoms with Crippen LogP contribution in [0.15, 0.2) is 46.0 Å². The standard InChI is InChI=1S/C14H16N2O4S/c17-21(18,15-9-11-1-2-11)14-5-3-13(4-6-14)19-10-12-7-8-20-16-12/h3-8,11,15H,1-2,9-10H2. The van der Waals surface area contributed by atoms with E-state index in [0.29, 0.717) is 23.9 Å². The molecule has 0 radical (unpaired) electrons. The van der Waals surface area contributed by atoms with E-state index in [4.69, 9.17) is 9.26 Å². The number of hydrogen-bond donors (Lipinski definition) is 1. The number of benzene rings is 1. The first-order chi connectivity index (χ1) is 10.1. The molecule has 0 bridgehead atoms. The summed E-state index contributed by atoms with van der Waals surface area (Å²) in [6.45, 7) is 0.801. The highest BCUT2D eigenvalue weighted by Crippen LogP contribution is 2.28. The third-order valence-electron chi connectivity index (χ3n) is 3.27. The molecule has 0 saturated heterocycles. The summed E-state index contributed by atoms with van der Waals surface area (Å²) in [5.74, 6) is 1.09. The predicted molar refractivity (Wildman–Crippen MR) is 75.2 cm³/mol. The molecule has 0 atom stereocenters. The van der Waals surface area contributed by atoms with Crippen LogP contribution in [0.1, 0.15) is 18.5 Å². The van der Waals surface area contributed by atoms with Crippen molar-refractivity contribution in [1.29, 1.82) is 0 Å². The molecule has 112 valence electrons. The van der Waals surface area contributed by atoms with Crippen LogP contribution < -0.4 is 9.46 Å². The quantitative estimate of drug-likeness (QED) is 0.845. The van der Waals surface area contributed by atoms with E-state index >= 15 is 0 Å². The van der Waals surface area contributed by atoms with E-state index in [1.807, 2.05) is 0 Å². The number of nitrogens with zero attached hydrogens (tertiary/aromatic N) is 1. The summed E-state index contributed by atoms with van der Waals surface area (Å²) in [6.07, 6.45) is 3.69. The van der Waals surface area contributed by atoms with Gasteiger partial charge in [0.2, 0.25) is 10.0 Å². The van der Waals surface area contributed by atoms with E-state index in [9.17, 15) is 8.42 Å². The molecule has 1 N–H and O–H groups in total. The second-order valence-corrected chi connectivity index (χ2v) is 6.81. The molecule has 2 aromatic rings. The zero-order valence-corrected chi connectivity index (χ0v) is 12.2. The Balaban J connectivity index is 1.59. The second-order valence-electron chi connectivity index (χ2n) is 5.05. The van der Waals surface area contributed by atoms with Crippen LogP contribution in [0.3, 0.4) is 0 Å². The summed E-state index contributed by atoms with van der Waals surface area (Å²) in [5.41, 5.74) is 0.679. The molecule has 7 heteroatoms. The highest BCUT2D eigenvalue weighted by atomic mass is 32.2. The minimum absolute atomic E-state index is 0.247. The van der Waals surface area contributed by atoms with Crippen LogP contribution in [0.4, 0.5) is 0 Å². The highest BCUT2D eigenvalue weighted by molar-refractivity contribution is 7.89. The van der Waals surface area contributed by atoms with Gasteiger partial charge in [-0.2, -0.15) is 0 Å². The van der Waals surface area contributed by atoms with Crippen molar-refractivity contribution in [1.82, 2.24) is 9.88 Å². The van der Waals surface area contributed by atoms with Crippen molar-refractivity contribution in [3.8, 4) is 5.75 Å². The molecule has 21 heavy (non-hydrogen) atoms. The van der Waals surface area contributed by atoms with Crippen molar-refractivity contribution in [2.24, 2.45) is 5.92 Å². The van der Waals surface area contributed by atoms with E-state index in [1.165, 1.54) is 18.4 Å². The van der Waals surface area contributed by atoms with Gasteiger partial charge in [-0.3, -0.25) is 0 Å². The first kappa shape index (κ1) is 14.1. The Hall–Kier alpha value is -1.86. The molecule has 6 nitrogen and oxygen atoms in total. The van der Waals surface area contributed by atoms with E-state index in [-0.39, 0.29) is 11.5 Å². The van der Waals surface area contributed by atoms with Crippen molar-refractivity contribution >= 4 is 10.0 Å². The fourth-order valence-corrected chi connectivity index (χ4v) is 2.93. The van der Waals surface area contributed by atoms with Crippen molar-refractivity contribution < 1.29 is 17.7 Å². The van der Waals surface area contributed by atoms with Crippen molar-refractivity contribution in [2.75, 3.05) is 6.54 Å². The topological polar surface area (TPSA) is 81.4 Å². The summed E-state index contributed by atoms with van der Waals surface area (Å²) < 4.78 is 36.9. The molecule has 0 aliphatic heterocycles. The van der Waals surface area contributed by atoms with Gasteiger partial charge < -0.3 is 9.26 Å². The first-order valence-electron chi connectivity index (χ1n) is 6.75. The van der Waals surface area contributed by atoms with Crippen LogP contribution in [0.2, 0.25) is 0 Å². The molecule has 1 aromatic carbocycles. The number of hydrogen-bond acceptors (Lipinski definition) is 5. The van der Waals surface area contributed by atoms with Gasteiger partial charge in [-0.05, 0) is 43.0 Å². The molecule has 0 amide bonds. The van der Waals surface area contributed by atoms with Gasteiger partial charge in [0.15, 0.2) is 0 Å². The summed E-state index contributed by atoms with van der Waals surface area (Å²) in [5, 5.41) is 3.73. The molecule has 1 heterocycles. The molecule has 0 spiro atoms. The van der Waals surface area contributed by atoms with Gasteiger partial charge in [-0.25, -0.2) is 13.1 Å². The molecule has 1 aliphatic carbocycles. The predicted octanol–water partition coefficient (Wildman–Crippen LogP) is 1.94. The Labute approximate surface area is 123 Å². The summed E-state index contributed by atoms with van der Waals surface area (Å²) in [7, 11) is -3.42. The largest absolute Gasteiger partial charge is 0.487 e. The van der Waals surface area contributed by atoms with Gasteiger partial charge >= 0.3 is 0 Å². The van der Waals surface area contributed by atoms with Gasteiger partial charge in [0.1, 0.15) is 24.3 Å². The monoisotopic (exact) mass is 308 g/mol. The number of aromatic nitrogens is 1. The Bertz CT molecular complexity index is 676. The van der Waals surface area contributed by atoms with Crippen LogP contribution in [-0.4, -0.2) is 20.1 Å². The molecule has 1 fully saturated rings. The Morgan fingerprint density at radius 2 is 2.00 bits per heavy atom. The third kappa shape index (κ3) is 3.83. The molecule has 3 rings (SSSR count). The van der Waals surface area contributed by atoms with Crippen molar-refractivity contribution in [2.45, 2.75) is 24.3 Å². The Morgan fingerprint density at radius 3 is 2.62 bits per heavy atom. The van der Waals surface area contributed by atoms with Crippen LogP contribution >= 0.6 is 0 Å². The molecule has 1 aliphatic rings. The van der Waals surface area contributed by atoms with E-state index < -0.39 is 10.0 Å². The average Bonchev–Trinajstić information content (AvgIpc) is 3.18. The minimum atomic E-state index is -3.42. The zero-order valence-electron chi connectivity index (χ0n) is 11.4. The SMILES string of the molecule is O=S(=O)(NCC1CC1)c1ccc(OCc2ccon2)cc1. The third-order valence-corrected chi connectivity index (χ3v) is 4.71. The average molecular weight is 308 g/mol. The lowest BCUT2D eigenvalue weighted by Gasteiger charge is -2.08. The van der Waals surface area contributed by atoms with Crippen LogP contribution in [0.25, 0.3) is 0 Å². The molecule has 1 saturated carbocycles. The lowest BCUT2D eigenvalue weighted by atomic mass is 10.3. The van der Waals surface area contributed by atoms with Gasteiger partial charge in [0.05, 0.1) is 4.90 Å². The van der Waals surface area contributed by atoms with Crippen LogP contribution in [0.5, 0.6) is 5.75 Å². The van der Waals surface area contributed by atoms with Crippen molar-refractivity contribution in [3.05, 3.63) is 42.3 Å². The summed E-state index contributed by atoms with van der Waals surface area (Å²) in [4.78, 5) is 0.247. The fraction of sp³-hybridized carbons (Fsp3) is 0.357. The van der Waals surface area contributed by atoms with E-state index in [2.05, 4.69) is 9.88 Å². The molecular weight excluding hydrogens is 292 g/mol. The molecular formula is C14H16N2O4S. The number of ether oxygens (including phenoxy) is 1. The van der Waals surface area contributed by atoms with Gasteiger partial charge in [-0.15, -0.1) is 0 Å². The first-order valence-corrected chi connectivity index (χ1v) is 8.23. The smallest absolute Gasteiger partial charge is 0.240 e. The number of nitrogens with one attached hydrogen (secondary N) is 1. The maximum Gasteiger partial charge on any atom is 0.240 e. The minimum Gasteiger partial charge on any atom is -0.487 e. The molecule has 0 unspecified atom stereocenters. The lowest BCUT2D eigenvalue weighted by Crippen LogP contribution is -2.25. The Kier molecular flexibility index (Phi) is 3.94. The van der Waals surface area contributed by atoms with Gasteiger partial charge in [0, 0.05) is 12.6 Å². The maximum absolute atomic E-state index is 12.0. The van der Waals surface area contributed by atoms with Crippen molar-refractivity contribution in [3.63, 3.8) is 0 Å². The summed E-state index contributed by atoms with van der Waals surface area (Å²) in [6, 6.07) is 8.04.